The quantitative estimate of drug-likeness (QED) is 0.915. The maximum atomic E-state index is 5.69. The summed E-state index contributed by atoms with van der Waals surface area (Å²) in [5, 5.41) is 6.88. The van der Waals surface area contributed by atoms with Gasteiger partial charge in [-0.25, -0.2) is 0 Å². The fourth-order valence-corrected chi connectivity index (χ4v) is 2.15. The van der Waals surface area contributed by atoms with Crippen LogP contribution in [0.4, 0.5) is 5.82 Å². The van der Waals surface area contributed by atoms with E-state index < -0.39 is 0 Å². The maximum Gasteiger partial charge on any atom is 0.160 e. The van der Waals surface area contributed by atoms with Crippen molar-refractivity contribution in [3.8, 4) is 17.0 Å². The highest BCUT2D eigenvalue weighted by Crippen LogP contribution is 2.32. The smallest absolute Gasteiger partial charge is 0.160 e. The number of hydrogen-bond donors (Lipinski definition) is 2. The van der Waals surface area contributed by atoms with Crippen LogP contribution in [0.3, 0.4) is 0 Å². The van der Waals surface area contributed by atoms with Gasteiger partial charge in [-0.15, -0.1) is 0 Å². The first-order chi connectivity index (χ1) is 8.17. The van der Waals surface area contributed by atoms with Crippen molar-refractivity contribution in [3.63, 3.8) is 0 Å². The van der Waals surface area contributed by atoms with Gasteiger partial charge in [0.1, 0.15) is 5.75 Å². The molecule has 0 unspecified atom stereocenters. The van der Waals surface area contributed by atoms with Gasteiger partial charge in [-0.2, -0.15) is 5.10 Å². The zero-order valence-corrected chi connectivity index (χ0v) is 11.3. The minimum absolute atomic E-state index is 0.467. The lowest BCUT2D eigenvalue weighted by Gasteiger charge is -2.08. The van der Waals surface area contributed by atoms with Gasteiger partial charge < -0.3 is 10.5 Å². The molecular formula is C12H14BrN3O. The van der Waals surface area contributed by atoms with Crippen molar-refractivity contribution in [2.24, 2.45) is 0 Å². The van der Waals surface area contributed by atoms with Crippen molar-refractivity contribution < 1.29 is 4.74 Å². The Morgan fingerprint density at radius 2 is 2.24 bits per heavy atom. The van der Waals surface area contributed by atoms with E-state index in [4.69, 9.17) is 10.5 Å². The maximum absolute atomic E-state index is 5.69. The van der Waals surface area contributed by atoms with Crippen molar-refractivity contribution in [2.75, 3.05) is 12.8 Å². The van der Waals surface area contributed by atoms with E-state index in [0.29, 0.717) is 5.82 Å². The number of nitrogens with two attached hydrogens (primary N) is 1. The molecular weight excluding hydrogens is 282 g/mol. The normalized spacial score (nSPS) is 10.5. The number of H-pyrrole nitrogens is 1. The SMILES string of the molecule is CCc1cc(-c2[nH]nc(N)c2Br)ccc1OC. The Hall–Kier alpha value is -1.49. The van der Waals surface area contributed by atoms with Crippen LogP contribution in [-0.4, -0.2) is 17.3 Å². The van der Waals surface area contributed by atoms with E-state index in [9.17, 15) is 0 Å². The summed E-state index contributed by atoms with van der Waals surface area (Å²) in [4.78, 5) is 0. The van der Waals surface area contributed by atoms with Crippen LogP contribution in [-0.2, 0) is 6.42 Å². The fraction of sp³-hybridized carbons (Fsp3) is 0.250. The number of aromatic nitrogens is 2. The Kier molecular flexibility index (Phi) is 3.38. The minimum Gasteiger partial charge on any atom is -0.496 e. The second kappa shape index (κ2) is 4.79. The van der Waals surface area contributed by atoms with Crippen LogP contribution in [0, 0.1) is 0 Å². The molecule has 0 spiro atoms. The fourth-order valence-electron chi connectivity index (χ4n) is 1.74. The van der Waals surface area contributed by atoms with Crippen molar-refractivity contribution in [1.29, 1.82) is 0 Å². The van der Waals surface area contributed by atoms with Crippen LogP contribution in [0.2, 0.25) is 0 Å². The first kappa shape index (κ1) is 12.0. The van der Waals surface area contributed by atoms with E-state index in [0.717, 1.165) is 33.5 Å². The number of benzene rings is 1. The van der Waals surface area contributed by atoms with Crippen LogP contribution >= 0.6 is 15.9 Å². The molecule has 0 bridgehead atoms. The molecule has 17 heavy (non-hydrogen) atoms. The molecule has 4 nitrogen and oxygen atoms in total. The van der Waals surface area contributed by atoms with Crippen LogP contribution in [0.1, 0.15) is 12.5 Å². The van der Waals surface area contributed by atoms with Crippen LogP contribution in [0.5, 0.6) is 5.75 Å². The summed E-state index contributed by atoms with van der Waals surface area (Å²) in [6, 6.07) is 6.02. The van der Waals surface area contributed by atoms with Crippen LogP contribution in [0.25, 0.3) is 11.3 Å². The highest BCUT2D eigenvalue weighted by molar-refractivity contribution is 9.10. The molecule has 0 atom stereocenters. The summed E-state index contributed by atoms with van der Waals surface area (Å²) < 4.78 is 6.10. The number of halogens is 1. The van der Waals surface area contributed by atoms with Gasteiger partial charge in [-0.05, 0) is 46.1 Å². The molecule has 0 aliphatic rings. The summed E-state index contributed by atoms with van der Waals surface area (Å²) >= 11 is 3.42. The molecule has 0 fully saturated rings. The third-order valence-corrected chi connectivity index (χ3v) is 3.49. The molecule has 0 amide bonds. The van der Waals surface area contributed by atoms with E-state index in [1.807, 2.05) is 12.1 Å². The lowest BCUT2D eigenvalue weighted by atomic mass is 10.1. The van der Waals surface area contributed by atoms with Gasteiger partial charge in [0.2, 0.25) is 0 Å². The van der Waals surface area contributed by atoms with Gasteiger partial charge in [0, 0.05) is 5.56 Å². The molecule has 90 valence electrons. The number of nitrogens with zero attached hydrogens (tertiary/aromatic N) is 1. The van der Waals surface area contributed by atoms with Gasteiger partial charge in [-0.1, -0.05) is 6.92 Å². The Bertz CT molecular complexity index is 537. The summed E-state index contributed by atoms with van der Waals surface area (Å²) in [5.41, 5.74) is 8.78. The molecule has 1 heterocycles. The van der Waals surface area contributed by atoms with E-state index in [1.165, 1.54) is 0 Å². The summed E-state index contributed by atoms with van der Waals surface area (Å²) in [5.74, 6) is 1.37. The molecule has 0 aliphatic heterocycles. The molecule has 0 saturated carbocycles. The standard InChI is InChI=1S/C12H14BrN3O/c1-3-7-6-8(4-5-9(7)17-2)11-10(13)12(14)16-15-11/h4-6H,3H2,1-2H3,(H3,14,15,16). The van der Waals surface area contributed by atoms with Gasteiger partial charge in [0.05, 0.1) is 17.3 Å². The second-order valence-corrected chi connectivity index (χ2v) is 4.47. The number of nitrogen functional groups attached to an aromatic ring is 1. The monoisotopic (exact) mass is 295 g/mol. The zero-order chi connectivity index (χ0) is 12.4. The Morgan fingerprint density at radius 1 is 1.47 bits per heavy atom. The number of hydrogen-bond acceptors (Lipinski definition) is 3. The van der Waals surface area contributed by atoms with E-state index in [2.05, 4.69) is 39.1 Å². The third-order valence-electron chi connectivity index (χ3n) is 2.68. The number of nitrogens with one attached hydrogen (secondary N) is 1. The molecule has 0 radical (unpaired) electrons. The lowest BCUT2D eigenvalue weighted by Crippen LogP contribution is -1.91. The molecule has 0 aliphatic carbocycles. The number of anilines is 1. The average molecular weight is 296 g/mol. The molecule has 2 aromatic rings. The largest absolute Gasteiger partial charge is 0.496 e. The average Bonchev–Trinajstić information content (AvgIpc) is 2.69. The molecule has 3 N–H and O–H groups in total. The summed E-state index contributed by atoms with van der Waals surface area (Å²) in [6.45, 7) is 2.10. The van der Waals surface area contributed by atoms with Gasteiger partial charge in [0.25, 0.3) is 0 Å². The molecule has 2 rings (SSSR count). The first-order valence-electron chi connectivity index (χ1n) is 5.34. The predicted octanol–water partition coefficient (Wildman–Crippen LogP) is 2.99. The summed E-state index contributed by atoms with van der Waals surface area (Å²) in [7, 11) is 1.68. The number of ether oxygens (including phenoxy) is 1. The number of methoxy groups -OCH3 is 1. The molecule has 5 heteroatoms. The Labute approximate surface area is 108 Å². The molecule has 1 aromatic carbocycles. The number of rotatable bonds is 3. The van der Waals surface area contributed by atoms with E-state index in [1.54, 1.807) is 7.11 Å². The van der Waals surface area contributed by atoms with Gasteiger partial charge in [0.15, 0.2) is 5.82 Å². The second-order valence-electron chi connectivity index (χ2n) is 3.68. The topological polar surface area (TPSA) is 63.9 Å². The molecule has 0 saturated heterocycles. The highest BCUT2D eigenvalue weighted by Gasteiger charge is 2.11. The first-order valence-corrected chi connectivity index (χ1v) is 6.13. The van der Waals surface area contributed by atoms with Crippen molar-refractivity contribution in [1.82, 2.24) is 10.2 Å². The third kappa shape index (κ3) is 2.15. The van der Waals surface area contributed by atoms with Crippen molar-refractivity contribution in [3.05, 3.63) is 28.2 Å². The van der Waals surface area contributed by atoms with Crippen molar-refractivity contribution in [2.45, 2.75) is 13.3 Å². The van der Waals surface area contributed by atoms with Crippen LogP contribution < -0.4 is 10.5 Å². The van der Waals surface area contributed by atoms with E-state index in [-0.39, 0.29) is 0 Å². The van der Waals surface area contributed by atoms with Crippen LogP contribution in [0.15, 0.2) is 22.7 Å². The number of aromatic amines is 1. The predicted molar refractivity (Wildman–Crippen MR) is 72.1 cm³/mol. The minimum atomic E-state index is 0.467. The Morgan fingerprint density at radius 3 is 2.76 bits per heavy atom. The van der Waals surface area contributed by atoms with Gasteiger partial charge in [-0.3, -0.25) is 5.10 Å². The van der Waals surface area contributed by atoms with Gasteiger partial charge >= 0.3 is 0 Å². The lowest BCUT2D eigenvalue weighted by molar-refractivity contribution is 0.410. The summed E-state index contributed by atoms with van der Waals surface area (Å²) in [6.07, 6.45) is 0.915. The van der Waals surface area contributed by atoms with Crippen molar-refractivity contribution >= 4 is 21.7 Å². The molecule has 1 aromatic heterocycles. The zero-order valence-electron chi connectivity index (χ0n) is 9.75. The van der Waals surface area contributed by atoms with E-state index >= 15 is 0 Å². The number of aryl methyl sites for hydroxylation is 1. The highest BCUT2D eigenvalue weighted by atomic mass is 79.9. The Balaban J connectivity index is 2.50.